The summed E-state index contributed by atoms with van der Waals surface area (Å²) in [6.45, 7) is 3.96. The van der Waals surface area contributed by atoms with E-state index < -0.39 is 11.9 Å². The fourth-order valence-corrected chi connectivity index (χ4v) is 4.11. The van der Waals surface area contributed by atoms with Crippen molar-refractivity contribution in [2.75, 3.05) is 6.61 Å². The zero-order chi connectivity index (χ0) is 22.1. The molecule has 1 unspecified atom stereocenters. The molecule has 3 aromatic rings. The summed E-state index contributed by atoms with van der Waals surface area (Å²) >= 11 is 1.56. The molecule has 3 rings (SSSR count). The molecule has 1 atom stereocenters. The van der Waals surface area contributed by atoms with E-state index in [1.54, 1.807) is 30.0 Å². The number of esters is 1. The summed E-state index contributed by atoms with van der Waals surface area (Å²) in [6.07, 6.45) is 2.33. The number of aromatic carboxylic acids is 1. The quantitative estimate of drug-likeness (QED) is 0.186. The van der Waals surface area contributed by atoms with E-state index in [2.05, 4.69) is 6.58 Å². The Balaban J connectivity index is 1.76. The maximum Gasteiger partial charge on any atom is 0.335 e. The second-order valence-corrected chi connectivity index (χ2v) is 7.96. The van der Waals surface area contributed by atoms with Crippen LogP contribution in [0.25, 0.3) is 0 Å². The summed E-state index contributed by atoms with van der Waals surface area (Å²) in [4.78, 5) is 25.2. The number of carboxylic acid groups (broad SMARTS) is 1. The molecule has 3 aromatic carbocycles. The molecule has 0 spiro atoms. The van der Waals surface area contributed by atoms with Gasteiger partial charge in [-0.2, -0.15) is 0 Å². The summed E-state index contributed by atoms with van der Waals surface area (Å²) < 4.78 is 5.45. The highest BCUT2D eigenvalue weighted by molar-refractivity contribution is 7.98. The van der Waals surface area contributed by atoms with E-state index in [0.29, 0.717) is 24.3 Å². The van der Waals surface area contributed by atoms with E-state index in [4.69, 9.17) is 4.74 Å². The molecule has 0 saturated carbocycles. The zero-order valence-electron chi connectivity index (χ0n) is 17.1. The van der Waals surface area contributed by atoms with Crippen LogP contribution in [0, 0.1) is 0 Å². The fourth-order valence-electron chi connectivity index (χ4n) is 3.21. The van der Waals surface area contributed by atoms with Gasteiger partial charge in [-0.3, -0.25) is 4.79 Å². The van der Waals surface area contributed by atoms with Gasteiger partial charge in [0, 0.05) is 10.6 Å². The summed E-state index contributed by atoms with van der Waals surface area (Å²) in [5.41, 5.74) is 2.82. The molecule has 0 aliphatic heterocycles. The highest BCUT2D eigenvalue weighted by Crippen LogP contribution is 2.30. The van der Waals surface area contributed by atoms with Gasteiger partial charge in [-0.05, 0) is 41.3 Å². The molecule has 0 aliphatic rings. The van der Waals surface area contributed by atoms with Crippen molar-refractivity contribution in [2.45, 2.75) is 23.0 Å². The topological polar surface area (TPSA) is 63.6 Å². The summed E-state index contributed by atoms with van der Waals surface area (Å²) in [6, 6.07) is 24.3. The first-order valence-corrected chi connectivity index (χ1v) is 10.9. The third-order valence-corrected chi connectivity index (χ3v) is 5.85. The maximum atomic E-state index is 12.8. The molecule has 0 aliphatic carbocycles. The van der Waals surface area contributed by atoms with Crippen molar-refractivity contribution in [3.8, 4) is 0 Å². The Morgan fingerprint density at radius 2 is 1.58 bits per heavy atom. The van der Waals surface area contributed by atoms with E-state index in [0.717, 1.165) is 21.6 Å². The van der Waals surface area contributed by atoms with Crippen LogP contribution in [0.5, 0.6) is 0 Å². The van der Waals surface area contributed by atoms with Crippen molar-refractivity contribution < 1.29 is 19.4 Å². The zero-order valence-corrected chi connectivity index (χ0v) is 17.9. The summed E-state index contributed by atoms with van der Waals surface area (Å²) in [5, 5.41) is 9.34. The van der Waals surface area contributed by atoms with Crippen LogP contribution in [0.2, 0.25) is 0 Å². The van der Waals surface area contributed by atoms with Crippen LogP contribution in [-0.2, 0) is 15.3 Å². The van der Waals surface area contributed by atoms with Crippen LogP contribution in [0.1, 0.15) is 39.4 Å². The predicted octanol–water partition coefficient (Wildman–Crippen LogP) is 5.93. The van der Waals surface area contributed by atoms with Crippen molar-refractivity contribution in [2.24, 2.45) is 0 Å². The van der Waals surface area contributed by atoms with Gasteiger partial charge in [0.1, 0.15) is 5.92 Å². The Labute approximate surface area is 186 Å². The number of carbonyl (C=O) groups is 2. The van der Waals surface area contributed by atoms with Crippen LogP contribution < -0.4 is 0 Å². The smallest absolute Gasteiger partial charge is 0.335 e. The standard InChI is InChI=1S/C26H24O4S/c1-2-3-17-30-26(29)24(19-9-5-4-6-10-19)20-13-15-22(16-14-20)31-18-21-11-7-8-12-23(21)25(27)28/h2,4-16,24H,1,3,17-18H2,(H,27,28). The first-order valence-electron chi connectivity index (χ1n) is 9.96. The van der Waals surface area contributed by atoms with E-state index in [1.807, 2.05) is 66.7 Å². The fraction of sp³-hybridized carbons (Fsp3) is 0.154. The number of carboxylic acids is 1. The highest BCUT2D eigenvalue weighted by Gasteiger charge is 2.24. The van der Waals surface area contributed by atoms with Crippen LogP contribution in [0.15, 0.2) is 96.4 Å². The minimum absolute atomic E-state index is 0.288. The molecular formula is C26H24O4S. The van der Waals surface area contributed by atoms with Crippen molar-refractivity contribution in [3.05, 3.63) is 114 Å². The van der Waals surface area contributed by atoms with Gasteiger partial charge in [0.05, 0.1) is 12.2 Å². The molecule has 0 saturated heterocycles. The van der Waals surface area contributed by atoms with Crippen molar-refractivity contribution in [1.82, 2.24) is 0 Å². The first-order chi connectivity index (χ1) is 15.1. The molecular weight excluding hydrogens is 408 g/mol. The second kappa shape index (κ2) is 11.2. The lowest BCUT2D eigenvalue weighted by atomic mass is 9.91. The third-order valence-electron chi connectivity index (χ3n) is 4.79. The third kappa shape index (κ3) is 6.09. The van der Waals surface area contributed by atoms with Gasteiger partial charge < -0.3 is 9.84 Å². The number of benzene rings is 3. The Bertz CT molecular complexity index is 1030. The van der Waals surface area contributed by atoms with Gasteiger partial charge in [-0.1, -0.05) is 66.7 Å². The van der Waals surface area contributed by atoms with Crippen LogP contribution in [0.3, 0.4) is 0 Å². The maximum absolute atomic E-state index is 12.8. The van der Waals surface area contributed by atoms with Crippen LogP contribution >= 0.6 is 11.8 Å². The second-order valence-electron chi connectivity index (χ2n) is 6.91. The van der Waals surface area contributed by atoms with Gasteiger partial charge in [0.15, 0.2) is 0 Å². The molecule has 0 bridgehead atoms. The predicted molar refractivity (Wildman–Crippen MR) is 123 cm³/mol. The van der Waals surface area contributed by atoms with Gasteiger partial charge in [-0.25, -0.2) is 4.79 Å². The van der Waals surface area contributed by atoms with Gasteiger partial charge in [0.25, 0.3) is 0 Å². The molecule has 0 radical (unpaired) electrons. The lowest BCUT2D eigenvalue weighted by molar-refractivity contribution is -0.144. The van der Waals surface area contributed by atoms with Gasteiger partial charge in [0.2, 0.25) is 0 Å². The molecule has 0 heterocycles. The minimum Gasteiger partial charge on any atom is -0.478 e. The average Bonchev–Trinajstić information content (AvgIpc) is 2.80. The number of hydrogen-bond donors (Lipinski definition) is 1. The van der Waals surface area contributed by atoms with E-state index in [-0.39, 0.29) is 5.97 Å². The lowest BCUT2D eigenvalue weighted by Crippen LogP contribution is -2.17. The Kier molecular flexibility index (Phi) is 8.07. The summed E-state index contributed by atoms with van der Waals surface area (Å²) in [7, 11) is 0. The van der Waals surface area contributed by atoms with E-state index in [1.165, 1.54) is 0 Å². The Hall–Kier alpha value is -3.31. The number of thioether (sulfide) groups is 1. The number of carbonyl (C=O) groups excluding carboxylic acids is 1. The number of hydrogen-bond acceptors (Lipinski definition) is 4. The van der Waals surface area contributed by atoms with E-state index in [9.17, 15) is 14.7 Å². The van der Waals surface area contributed by atoms with Gasteiger partial charge in [-0.15, -0.1) is 18.3 Å². The molecule has 4 nitrogen and oxygen atoms in total. The normalized spacial score (nSPS) is 11.5. The first kappa shape index (κ1) is 22.4. The van der Waals surface area contributed by atoms with Crippen molar-refractivity contribution in [3.63, 3.8) is 0 Å². The van der Waals surface area contributed by atoms with Crippen molar-refractivity contribution >= 4 is 23.7 Å². The number of ether oxygens (including phenoxy) is 1. The Morgan fingerprint density at radius 3 is 2.26 bits per heavy atom. The SMILES string of the molecule is C=CCCOC(=O)C(c1ccccc1)c1ccc(SCc2ccccc2C(=O)O)cc1. The molecule has 0 aromatic heterocycles. The molecule has 0 amide bonds. The van der Waals surface area contributed by atoms with E-state index >= 15 is 0 Å². The monoisotopic (exact) mass is 432 g/mol. The summed E-state index contributed by atoms with van der Waals surface area (Å²) in [5.74, 6) is -1.16. The highest BCUT2D eigenvalue weighted by atomic mass is 32.2. The molecule has 0 fully saturated rings. The minimum atomic E-state index is -0.924. The van der Waals surface area contributed by atoms with Crippen molar-refractivity contribution in [1.29, 1.82) is 0 Å². The molecule has 1 N–H and O–H groups in total. The Morgan fingerprint density at radius 1 is 0.935 bits per heavy atom. The number of rotatable bonds is 10. The van der Waals surface area contributed by atoms with Crippen LogP contribution in [0.4, 0.5) is 0 Å². The molecule has 5 heteroatoms. The van der Waals surface area contributed by atoms with Gasteiger partial charge >= 0.3 is 11.9 Å². The largest absolute Gasteiger partial charge is 0.478 e. The molecule has 158 valence electrons. The average molecular weight is 433 g/mol. The lowest BCUT2D eigenvalue weighted by Gasteiger charge is -2.17. The molecule has 31 heavy (non-hydrogen) atoms. The van der Waals surface area contributed by atoms with Crippen LogP contribution in [-0.4, -0.2) is 23.7 Å².